The molecule has 0 aliphatic heterocycles. The fourth-order valence-corrected chi connectivity index (χ4v) is 2.23. The quantitative estimate of drug-likeness (QED) is 0.487. The van der Waals surface area contributed by atoms with E-state index < -0.39 is 12.2 Å². The average molecular weight is 128 g/mol. The summed E-state index contributed by atoms with van der Waals surface area (Å²) in [6, 6.07) is 0. The van der Waals surface area contributed by atoms with Crippen LogP contribution in [-0.2, 0) is 0 Å². The molecule has 0 amide bonds. The Kier molecular flexibility index (Phi) is 1.08. The van der Waals surface area contributed by atoms with Gasteiger partial charge in [0.05, 0.1) is 12.2 Å². The number of rotatable bonds is 0. The summed E-state index contributed by atoms with van der Waals surface area (Å²) in [5, 5.41) is 18.5. The van der Waals surface area contributed by atoms with Crippen LogP contribution in [0.5, 0.6) is 0 Å². The van der Waals surface area contributed by atoms with Crippen molar-refractivity contribution in [2.24, 2.45) is 11.8 Å². The monoisotopic (exact) mass is 128 g/mol. The first-order valence-electron chi connectivity index (χ1n) is 3.65. The lowest BCUT2D eigenvalue weighted by Crippen LogP contribution is -2.31. The van der Waals surface area contributed by atoms with E-state index in [0.717, 1.165) is 19.3 Å². The molecule has 9 heavy (non-hydrogen) atoms. The predicted molar refractivity (Wildman–Crippen MR) is 32.8 cm³/mol. The molecule has 2 rings (SSSR count). The Balaban J connectivity index is 2.15. The molecule has 0 spiro atoms. The zero-order valence-electron chi connectivity index (χ0n) is 5.33. The highest BCUT2D eigenvalue weighted by Gasteiger charge is 2.45. The van der Waals surface area contributed by atoms with E-state index in [1.807, 2.05) is 0 Å². The third-order valence-electron chi connectivity index (χ3n) is 2.83. The smallest absolute Gasteiger partial charge is 0.0830 e. The third kappa shape index (κ3) is 0.634. The molecule has 4 atom stereocenters. The molecule has 2 aliphatic rings. The van der Waals surface area contributed by atoms with Crippen molar-refractivity contribution in [1.29, 1.82) is 0 Å². The minimum Gasteiger partial charge on any atom is -0.390 e. The highest BCUT2D eigenvalue weighted by molar-refractivity contribution is 4.96. The van der Waals surface area contributed by atoms with Crippen LogP contribution in [-0.4, -0.2) is 22.4 Å². The second-order valence-electron chi connectivity index (χ2n) is 3.31. The van der Waals surface area contributed by atoms with Crippen LogP contribution in [0, 0.1) is 11.8 Å². The molecule has 2 N–H and O–H groups in total. The largest absolute Gasteiger partial charge is 0.390 e. The van der Waals surface area contributed by atoms with Crippen molar-refractivity contribution in [2.75, 3.05) is 0 Å². The molecule has 2 bridgehead atoms. The first-order chi connectivity index (χ1) is 4.29. The lowest BCUT2D eigenvalue weighted by molar-refractivity contribution is -0.0160. The second kappa shape index (κ2) is 1.70. The molecular weight excluding hydrogens is 116 g/mol. The fourth-order valence-electron chi connectivity index (χ4n) is 2.23. The van der Waals surface area contributed by atoms with Gasteiger partial charge >= 0.3 is 0 Å². The molecule has 0 aromatic rings. The van der Waals surface area contributed by atoms with E-state index in [2.05, 4.69) is 0 Å². The van der Waals surface area contributed by atoms with Crippen LogP contribution in [0.1, 0.15) is 19.3 Å². The molecule has 2 saturated carbocycles. The van der Waals surface area contributed by atoms with Crippen molar-refractivity contribution in [3.63, 3.8) is 0 Å². The predicted octanol–water partition coefficient (Wildman–Crippen LogP) is 0.138. The maximum absolute atomic E-state index is 9.24. The second-order valence-corrected chi connectivity index (χ2v) is 3.31. The van der Waals surface area contributed by atoms with Crippen LogP contribution >= 0.6 is 0 Å². The van der Waals surface area contributed by atoms with Gasteiger partial charge in [-0.05, 0) is 31.1 Å². The highest BCUT2D eigenvalue weighted by atomic mass is 16.3. The van der Waals surface area contributed by atoms with Gasteiger partial charge in [0.2, 0.25) is 0 Å². The van der Waals surface area contributed by atoms with Crippen LogP contribution in [0.4, 0.5) is 0 Å². The summed E-state index contributed by atoms with van der Waals surface area (Å²) in [6.07, 6.45) is 2.51. The third-order valence-corrected chi connectivity index (χ3v) is 2.83. The molecule has 0 heterocycles. The lowest BCUT2D eigenvalue weighted by atomic mass is 9.95. The van der Waals surface area contributed by atoms with Gasteiger partial charge in [0, 0.05) is 0 Å². The molecular formula is C7H12O2. The van der Waals surface area contributed by atoms with Crippen molar-refractivity contribution in [2.45, 2.75) is 31.5 Å². The summed E-state index contributed by atoms with van der Waals surface area (Å²) in [4.78, 5) is 0. The lowest BCUT2D eigenvalue weighted by Gasteiger charge is -2.21. The fraction of sp³-hybridized carbons (Fsp3) is 1.00. The van der Waals surface area contributed by atoms with Gasteiger partial charge in [0.25, 0.3) is 0 Å². The van der Waals surface area contributed by atoms with Crippen molar-refractivity contribution in [1.82, 2.24) is 0 Å². The highest BCUT2D eigenvalue weighted by Crippen LogP contribution is 2.44. The molecule has 3 unspecified atom stereocenters. The van der Waals surface area contributed by atoms with Crippen molar-refractivity contribution < 1.29 is 10.2 Å². The minimum absolute atomic E-state index is 0.399. The first-order valence-corrected chi connectivity index (χ1v) is 3.65. The van der Waals surface area contributed by atoms with Crippen molar-refractivity contribution >= 4 is 0 Å². The Labute approximate surface area is 54.5 Å². The Hall–Kier alpha value is -0.0800. The Bertz CT molecular complexity index is 106. The number of fused-ring (bicyclic) bond motifs is 2. The van der Waals surface area contributed by atoms with Gasteiger partial charge in [0.15, 0.2) is 0 Å². The summed E-state index contributed by atoms with van der Waals surface area (Å²) in [5.41, 5.74) is 0. The number of aliphatic hydroxyl groups is 2. The Morgan fingerprint density at radius 3 is 1.56 bits per heavy atom. The molecule has 2 nitrogen and oxygen atoms in total. The van der Waals surface area contributed by atoms with E-state index in [1.165, 1.54) is 0 Å². The molecule has 0 aromatic carbocycles. The maximum atomic E-state index is 9.24. The molecule has 2 aliphatic carbocycles. The van der Waals surface area contributed by atoms with Gasteiger partial charge < -0.3 is 10.2 Å². The molecule has 0 saturated heterocycles. The van der Waals surface area contributed by atoms with E-state index in [4.69, 9.17) is 0 Å². The topological polar surface area (TPSA) is 40.5 Å². The van der Waals surface area contributed by atoms with E-state index in [9.17, 15) is 10.2 Å². The summed E-state index contributed by atoms with van der Waals surface area (Å²) in [6.45, 7) is 0. The van der Waals surface area contributed by atoms with Crippen LogP contribution in [0.15, 0.2) is 0 Å². The maximum Gasteiger partial charge on any atom is 0.0830 e. The standard InChI is InChI=1S/C7H12O2/c8-6-4-1-2-5(3-4)7(6)9/h4-9H,1-3H2/t4-,5?,6?,7?/m1/s1. The van der Waals surface area contributed by atoms with Gasteiger partial charge in [-0.15, -0.1) is 0 Å². The van der Waals surface area contributed by atoms with E-state index >= 15 is 0 Å². The van der Waals surface area contributed by atoms with Gasteiger partial charge in [-0.25, -0.2) is 0 Å². The normalized spacial score (nSPS) is 56.7. The van der Waals surface area contributed by atoms with Gasteiger partial charge in [-0.3, -0.25) is 0 Å². The van der Waals surface area contributed by atoms with Crippen LogP contribution in [0.25, 0.3) is 0 Å². The SMILES string of the molecule is OC1C2CC[C@H](C2)C1O. The van der Waals surface area contributed by atoms with Gasteiger partial charge in [-0.2, -0.15) is 0 Å². The zero-order valence-corrected chi connectivity index (χ0v) is 5.33. The van der Waals surface area contributed by atoms with Gasteiger partial charge in [-0.1, -0.05) is 0 Å². The molecule has 2 fully saturated rings. The molecule has 0 radical (unpaired) electrons. The molecule has 2 heteroatoms. The first kappa shape index (κ1) is 5.69. The van der Waals surface area contributed by atoms with E-state index in [0.29, 0.717) is 11.8 Å². The van der Waals surface area contributed by atoms with Crippen molar-refractivity contribution in [3.05, 3.63) is 0 Å². The van der Waals surface area contributed by atoms with Gasteiger partial charge in [0.1, 0.15) is 0 Å². The van der Waals surface area contributed by atoms with E-state index in [-0.39, 0.29) is 0 Å². The zero-order chi connectivity index (χ0) is 6.43. The van der Waals surface area contributed by atoms with E-state index in [1.54, 1.807) is 0 Å². The summed E-state index contributed by atoms with van der Waals surface area (Å²) in [7, 11) is 0. The number of hydrogen-bond donors (Lipinski definition) is 2. The molecule has 52 valence electrons. The van der Waals surface area contributed by atoms with Crippen LogP contribution in [0.2, 0.25) is 0 Å². The Morgan fingerprint density at radius 1 is 0.889 bits per heavy atom. The summed E-state index contributed by atoms with van der Waals surface area (Å²) in [5.74, 6) is 0.843. The molecule has 0 aromatic heterocycles. The number of aliphatic hydroxyl groups excluding tert-OH is 2. The van der Waals surface area contributed by atoms with Crippen LogP contribution in [0.3, 0.4) is 0 Å². The minimum atomic E-state index is -0.399. The number of hydrogen-bond acceptors (Lipinski definition) is 2. The summed E-state index contributed by atoms with van der Waals surface area (Å²) >= 11 is 0. The van der Waals surface area contributed by atoms with Crippen molar-refractivity contribution in [3.8, 4) is 0 Å². The van der Waals surface area contributed by atoms with Crippen LogP contribution < -0.4 is 0 Å². The Morgan fingerprint density at radius 2 is 1.33 bits per heavy atom. The average Bonchev–Trinajstić information content (AvgIpc) is 2.37. The summed E-state index contributed by atoms with van der Waals surface area (Å²) < 4.78 is 0.